The maximum Gasteiger partial charge on any atom is 0.269 e. The van der Waals surface area contributed by atoms with E-state index in [1.54, 1.807) is 12.1 Å². The summed E-state index contributed by atoms with van der Waals surface area (Å²) in [5, 5.41) is 10.9. The number of nitro benzene ring substituents is 1. The summed E-state index contributed by atoms with van der Waals surface area (Å²) in [5.74, 6) is 0. The van der Waals surface area contributed by atoms with Crippen LogP contribution in [-0.4, -0.2) is 4.92 Å². The quantitative estimate of drug-likeness (QED) is 0.174. The lowest BCUT2D eigenvalue weighted by molar-refractivity contribution is -0.384. The minimum absolute atomic E-state index is 0.0986. The van der Waals surface area contributed by atoms with Crippen LogP contribution in [0.1, 0.15) is 29.2 Å². The molecule has 0 aromatic heterocycles. The summed E-state index contributed by atoms with van der Waals surface area (Å²) in [5.41, 5.74) is 8.97. The summed E-state index contributed by atoms with van der Waals surface area (Å²) in [6, 6.07) is 32.2. The molecule has 0 atom stereocenters. The van der Waals surface area contributed by atoms with E-state index in [0.717, 1.165) is 33.8 Å². The minimum atomic E-state index is -0.382. The molecule has 4 heteroatoms. The van der Waals surface area contributed by atoms with E-state index in [-0.39, 0.29) is 10.6 Å². The maximum atomic E-state index is 10.9. The van der Waals surface area contributed by atoms with E-state index in [1.807, 2.05) is 13.0 Å². The van der Waals surface area contributed by atoms with E-state index in [9.17, 15) is 10.1 Å². The SMILES string of the molecule is C/C(=C/c1ccc([N+](=O)[O-])cc1)c1ccc(N(c2ccc(C)cc2)c2ccc(C)cc2)cc1. The third-order valence-corrected chi connectivity index (χ3v) is 5.65. The molecule has 0 unspecified atom stereocenters. The molecule has 4 aromatic rings. The van der Waals surface area contributed by atoms with Crippen LogP contribution in [0.15, 0.2) is 97.1 Å². The smallest absolute Gasteiger partial charge is 0.269 e. The van der Waals surface area contributed by atoms with E-state index in [1.165, 1.54) is 23.3 Å². The number of anilines is 3. The Bertz CT molecular complexity index is 1230. The highest BCUT2D eigenvalue weighted by Crippen LogP contribution is 2.35. The van der Waals surface area contributed by atoms with Crippen molar-refractivity contribution in [1.82, 2.24) is 0 Å². The molecule has 0 heterocycles. The molecule has 0 radical (unpaired) electrons. The molecule has 0 aliphatic rings. The molecule has 0 amide bonds. The molecule has 4 nitrogen and oxygen atoms in total. The largest absolute Gasteiger partial charge is 0.311 e. The Morgan fingerprint density at radius 2 is 1.12 bits per heavy atom. The Balaban J connectivity index is 1.65. The van der Waals surface area contributed by atoms with Gasteiger partial charge in [0.05, 0.1) is 4.92 Å². The molecule has 0 saturated carbocycles. The van der Waals surface area contributed by atoms with Crippen LogP contribution in [0.3, 0.4) is 0 Å². The van der Waals surface area contributed by atoms with Gasteiger partial charge in [-0.15, -0.1) is 0 Å². The summed E-state index contributed by atoms with van der Waals surface area (Å²) in [7, 11) is 0. The summed E-state index contributed by atoms with van der Waals surface area (Å²) in [6.45, 7) is 6.23. The van der Waals surface area contributed by atoms with Gasteiger partial charge in [-0.1, -0.05) is 53.6 Å². The van der Waals surface area contributed by atoms with Crippen molar-refractivity contribution in [2.75, 3.05) is 4.90 Å². The summed E-state index contributed by atoms with van der Waals surface area (Å²) < 4.78 is 0. The molecule has 33 heavy (non-hydrogen) atoms. The summed E-state index contributed by atoms with van der Waals surface area (Å²) >= 11 is 0. The molecule has 4 aromatic carbocycles. The normalized spacial score (nSPS) is 11.3. The zero-order valence-electron chi connectivity index (χ0n) is 19.0. The number of hydrogen-bond donors (Lipinski definition) is 0. The molecule has 0 aliphatic heterocycles. The second-order valence-electron chi connectivity index (χ2n) is 8.23. The highest BCUT2D eigenvalue weighted by Gasteiger charge is 2.12. The highest BCUT2D eigenvalue weighted by atomic mass is 16.6. The lowest BCUT2D eigenvalue weighted by Crippen LogP contribution is -2.09. The van der Waals surface area contributed by atoms with Crippen molar-refractivity contribution in [2.45, 2.75) is 20.8 Å². The third kappa shape index (κ3) is 5.18. The topological polar surface area (TPSA) is 46.4 Å². The van der Waals surface area contributed by atoms with Gasteiger partial charge in [-0.05, 0) is 86.0 Å². The van der Waals surface area contributed by atoms with Gasteiger partial charge in [0.25, 0.3) is 5.69 Å². The number of hydrogen-bond acceptors (Lipinski definition) is 3. The zero-order valence-corrected chi connectivity index (χ0v) is 19.0. The van der Waals surface area contributed by atoms with Gasteiger partial charge in [0.1, 0.15) is 0 Å². The first-order valence-corrected chi connectivity index (χ1v) is 10.9. The van der Waals surface area contributed by atoms with E-state index < -0.39 is 0 Å². The van der Waals surface area contributed by atoms with E-state index in [4.69, 9.17) is 0 Å². The number of aryl methyl sites for hydroxylation is 2. The highest BCUT2D eigenvalue weighted by molar-refractivity contribution is 5.82. The fourth-order valence-electron chi connectivity index (χ4n) is 3.73. The van der Waals surface area contributed by atoms with Crippen molar-refractivity contribution in [3.8, 4) is 0 Å². The Morgan fingerprint density at radius 1 is 0.697 bits per heavy atom. The van der Waals surface area contributed by atoms with Gasteiger partial charge in [-0.3, -0.25) is 10.1 Å². The Labute approximate surface area is 194 Å². The number of allylic oxidation sites excluding steroid dienone is 1. The van der Waals surface area contributed by atoms with Crippen LogP contribution in [0.5, 0.6) is 0 Å². The number of nitro groups is 1. The number of rotatable bonds is 6. The summed E-state index contributed by atoms with van der Waals surface area (Å²) in [6.07, 6.45) is 2.04. The lowest BCUT2D eigenvalue weighted by atomic mass is 10.0. The second-order valence-corrected chi connectivity index (χ2v) is 8.23. The van der Waals surface area contributed by atoms with Gasteiger partial charge in [0.15, 0.2) is 0 Å². The zero-order chi connectivity index (χ0) is 23.4. The van der Waals surface area contributed by atoms with E-state index in [2.05, 4.69) is 91.5 Å². The molecule has 0 fully saturated rings. The van der Waals surface area contributed by atoms with Crippen molar-refractivity contribution in [3.05, 3.63) is 129 Å². The predicted octanol–water partition coefficient (Wildman–Crippen LogP) is 8.24. The van der Waals surface area contributed by atoms with Crippen LogP contribution < -0.4 is 4.90 Å². The average molecular weight is 435 g/mol. The molecule has 0 saturated heterocycles. The third-order valence-electron chi connectivity index (χ3n) is 5.65. The second kappa shape index (κ2) is 9.53. The van der Waals surface area contributed by atoms with Crippen molar-refractivity contribution >= 4 is 34.4 Å². The van der Waals surface area contributed by atoms with Crippen LogP contribution in [0, 0.1) is 24.0 Å². The Kier molecular flexibility index (Phi) is 6.36. The van der Waals surface area contributed by atoms with E-state index in [0.29, 0.717) is 0 Å². The van der Waals surface area contributed by atoms with Crippen molar-refractivity contribution in [1.29, 1.82) is 0 Å². The number of non-ortho nitro benzene ring substituents is 1. The van der Waals surface area contributed by atoms with E-state index >= 15 is 0 Å². The maximum absolute atomic E-state index is 10.9. The fourth-order valence-corrected chi connectivity index (χ4v) is 3.73. The molecule has 0 N–H and O–H groups in total. The predicted molar refractivity (Wildman–Crippen MR) is 137 cm³/mol. The Hall–Kier alpha value is -4.18. The van der Waals surface area contributed by atoms with Crippen molar-refractivity contribution in [2.24, 2.45) is 0 Å². The van der Waals surface area contributed by atoms with Crippen LogP contribution in [0.2, 0.25) is 0 Å². The van der Waals surface area contributed by atoms with Gasteiger partial charge in [-0.2, -0.15) is 0 Å². The molecule has 0 spiro atoms. The van der Waals surface area contributed by atoms with Gasteiger partial charge in [0, 0.05) is 29.2 Å². The fraction of sp³-hybridized carbons (Fsp3) is 0.103. The molecular formula is C29H26N2O2. The number of nitrogens with zero attached hydrogens (tertiary/aromatic N) is 2. The monoisotopic (exact) mass is 434 g/mol. The molecule has 0 aliphatic carbocycles. The van der Waals surface area contributed by atoms with Crippen molar-refractivity contribution < 1.29 is 4.92 Å². The average Bonchev–Trinajstić information content (AvgIpc) is 2.82. The first kappa shape index (κ1) is 22.0. The van der Waals surface area contributed by atoms with Crippen LogP contribution in [0.4, 0.5) is 22.7 Å². The Morgan fingerprint density at radius 3 is 1.55 bits per heavy atom. The number of benzene rings is 4. The lowest BCUT2D eigenvalue weighted by Gasteiger charge is -2.26. The van der Waals surface area contributed by atoms with Crippen LogP contribution >= 0.6 is 0 Å². The molecule has 4 rings (SSSR count). The molecule has 0 bridgehead atoms. The van der Waals surface area contributed by atoms with Gasteiger partial charge < -0.3 is 4.90 Å². The van der Waals surface area contributed by atoms with Crippen LogP contribution in [0.25, 0.3) is 11.6 Å². The van der Waals surface area contributed by atoms with Gasteiger partial charge >= 0.3 is 0 Å². The molecule has 164 valence electrons. The standard InChI is InChI=1S/C29H26N2O2/c1-21-4-12-26(13-5-21)30(27-14-6-22(2)7-15-27)28-18-10-25(11-19-28)23(3)20-24-8-16-29(17-9-24)31(32)33/h4-20H,1-3H3/b23-20-. The van der Waals surface area contributed by atoms with Crippen LogP contribution in [-0.2, 0) is 0 Å². The first-order chi connectivity index (χ1) is 15.9. The van der Waals surface area contributed by atoms with Crippen molar-refractivity contribution in [3.63, 3.8) is 0 Å². The van der Waals surface area contributed by atoms with Gasteiger partial charge in [-0.25, -0.2) is 0 Å². The molecular weight excluding hydrogens is 408 g/mol. The summed E-state index contributed by atoms with van der Waals surface area (Å²) in [4.78, 5) is 12.7. The first-order valence-electron chi connectivity index (χ1n) is 10.9. The van der Waals surface area contributed by atoms with Gasteiger partial charge in [0.2, 0.25) is 0 Å². The minimum Gasteiger partial charge on any atom is -0.311 e.